The maximum atomic E-state index is 11.9. The number of carbonyl (C=O) groups is 1. The summed E-state index contributed by atoms with van der Waals surface area (Å²) in [4.78, 5) is 13.9. The van der Waals surface area contributed by atoms with Gasteiger partial charge in [-0.05, 0) is 48.5 Å². The van der Waals surface area contributed by atoms with Crippen molar-refractivity contribution in [1.82, 2.24) is 0 Å². The van der Waals surface area contributed by atoms with Crippen LogP contribution in [0.3, 0.4) is 0 Å². The van der Waals surface area contributed by atoms with Crippen LogP contribution in [0.25, 0.3) is 0 Å². The molecule has 1 amide bonds. The van der Waals surface area contributed by atoms with Gasteiger partial charge < -0.3 is 15.5 Å². The van der Waals surface area contributed by atoms with Gasteiger partial charge in [-0.15, -0.1) is 0 Å². The number of rotatable bonds is 6. The van der Waals surface area contributed by atoms with Gasteiger partial charge in [0.05, 0.1) is 0 Å². The molecule has 0 radical (unpaired) electrons. The van der Waals surface area contributed by atoms with E-state index in [1.807, 2.05) is 67.5 Å². The monoisotopic (exact) mass is 317 g/mol. The molecule has 2 aromatic carbocycles. The van der Waals surface area contributed by atoms with Crippen molar-refractivity contribution in [2.75, 3.05) is 36.2 Å². The largest absolute Gasteiger partial charge is 0.385 e. The Balaban J connectivity index is 1.76. The Morgan fingerprint density at radius 2 is 1.59 bits per heavy atom. The smallest absolute Gasteiger partial charge is 0.226 e. The molecule has 2 N–H and O–H groups in total. The van der Waals surface area contributed by atoms with E-state index in [0.29, 0.717) is 18.0 Å². The predicted octanol–water partition coefficient (Wildman–Crippen LogP) is 3.85. The first-order chi connectivity index (χ1) is 10.5. The molecule has 0 atom stereocenters. The Labute approximate surface area is 136 Å². The number of anilines is 3. The van der Waals surface area contributed by atoms with Crippen LogP contribution in [0, 0.1) is 0 Å². The molecular weight excluding hydrogens is 298 g/mol. The Hall–Kier alpha value is -2.20. The van der Waals surface area contributed by atoms with Gasteiger partial charge in [0.1, 0.15) is 0 Å². The van der Waals surface area contributed by atoms with Gasteiger partial charge in [-0.2, -0.15) is 0 Å². The lowest BCUT2D eigenvalue weighted by molar-refractivity contribution is -0.115. The Kier molecular flexibility index (Phi) is 5.67. The third-order valence-electron chi connectivity index (χ3n) is 3.19. The average Bonchev–Trinajstić information content (AvgIpc) is 2.50. The summed E-state index contributed by atoms with van der Waals surface area (Å²) in [6.45, 7) is 0.573. The van der Waals surface area contributed by atoms with Crippen molar-refractivity contribution in [3.8, 4) is 0 Å². The third kappa shape index (κ3) is 4.97. The SMILES string of the molecule is CN(C)c1ccc(NC(=O)CCNc2ccc(Cl)cc2)cc1. The molecule has 116 valence electrons. The minimum atomic E-state index is -0.0148. The third-order valence-corrected chi connectivity index (χ3v) is 3.44. The van der Waals surface area contributed by atoms with Gasteiger partial charge in [0.25, 0.3) is 0 Å². The zero-order chi connectivity index (χ0) is 15.9. The molecule has 0 aliphatic heterocycles. The van der Waals surface area contributed by atoms with Crippen LogP contribution in [0.2, 0.25) is 5.02 Å². The maximum Gasteiger partial charge on any atom is 0.226 e. The molecule has 22 heavy (non-hydrogen) atoms. The number of hydrogen-bond acceptors (Lipinski definition) is 3. The van der Waals surface area contributed by atoms with Gasteiger partial charge in [-0.25, -0.2) is 0 Å². The van der Waals surface area contributed by atoms with Crippen LogP contribution < -0.4 is 15.5 Å². The van der Waals surface area contributed by atoms with Crippen LogP contribution in [0.4, 0.5) is 17.1 Å². The van der Waals surface area contributed by atoms with Gasteiger partial charge in [-0.1, -0.05) is 11.6 Å². The molecule has 0 aromatic heterocycles. The number of nitrogens with one attached hydrogen (secondary N) is 2. The van der Waals surface area contributed by atoms with Crippen molar-refractivity contribution in [3.63, 3.8) is 0 Å². The molecule has 2 aromatic rings. The Morgan fingerprint density at radius 1 is 1.00 bits per heavy atom. The average molecular weight is 318 g/mol. The van der Waals surface area contributed by atoms with Crippen molar-refractivity contribution >= 4 is 34.6 Å². The van der Waals surface area contributed by atoms with E-state index in [-0.39, 0.29) is 5.91 Å². The van der Waals surface area contributed by atoms with E-state index in [1.54, 1.807) is 0 Å². The molecule has 0 spiro atoms. The normalized spacial score (nSPS) is 10.1. The quantitative estimate of drug-likeness (QED) is 0.850. The van der Waals surface area contributed by atoms with E-state index >= 15 is 0 Å². The molecule has 0 saturated carbocycles. The second-order valence-corrected chi connectivity index (χ2v) is 5.61. The molecule has 0 unspecified atom stereocenters. The topological polar surface area (TPSA) is 44.4 Å². The summed E-state index contributed by atoms with van der Waals surface area (Å²) in [5.41, 5.74) is 2.86. The number of nitrogens with zero attached hydrogens (tertiary/aromatic N) is 1. The van der Waals surface area contributed by atoms with E-state index < -0.39 is 0 Å². The molecule has 0 aliphatic rings. The zero-order valence-corrected chi connectivity index (χ0v) is 13.5. The van der Waals surface area contributed by atoms with Gasteiger partial charge >= 0.3 is 0 Å². The molecule has 2 rings (SSSR count). The van der Waals surface area contributed by atoms with Crippen molar-refractivity contribution in [3.05, 3.63) is 53.6 Å². The molecule has 0 fully saturated rings. The second-order valence-electron chi connectivity index (χ2n) is 5.17. The highest BCUT2D eigenvalue weighted by Crippen LogP contribution is 2.16. The summed E-state index contributed by atoms with van der Waals surface area (Å²) >= 11 is 5.82. The number of halogens is 1. The Morgan fingerprint density at radius 3 is 2.18 bits per heavy atom. The fourth-order valence-corrected chi connectivity index (χ4v) is 2.08. The summed E-state index contributed by atoms with van der Waals surface area (Å²) in [5.74, 6) is -0.0148. The van der Waals surface area contributed by atoms with E-state index in [2.05, 4.69) is 10.6 Å². The van der Waals surface area contributed by atoms with Crippen molar-refractivity contribution in [2.45, 2.75) is 6.42 Å². The number of benzene rings is 2. The van der Waals surface area contributed by atoms with Crippen molar-refractivity contribution in [1.29, 1.82) is 0 Å². The fourth-order valence-electron chi connectivity index (χ4n) is 1.95. The summed E-state index contributed by atoms with van der Waals surface area (Å²) in [5, 5.41) is 6.77. The van der Waals surface area contributed by atoms with E-state index in [4.69, 9.17) is 11.6 Å². The van der Waals surface area contributed by atoms with Gasteiger partial charge in [0, 0.05) is 49.1 Å². The van der Waals surface area contributed by atoms with Gasteiger partial charge in [0.15, 0.2) is 0 Å². The standard InChI is InChI=1S/C17H20ClN3O/c1-21(2)16-9-7-15(8-10-16)20-17(22)11-12-19-14-5-3-13(18)4-6-14/h3-10,19H,11-12H2,1-2H3,(H,20,22). The molecule has 4 nitrogen and oxygen atoms in total. The maximum absolute atomic E-state index is 11.9. The van der Waals surface area contributed by atoms with E-state index in [0.717, 1.165) is 17.1 Å². The summed E-state index contributed by atoms with van der Waals surface area (Å²) in [6.07, 6.45) is 0.401. The second kappa shape index (κ2) is 7.71. The zero-order valence-electron chi connectivity index (χ0n) is 12.8. The number of hydrogen-bond donors (Lipinski definition) is 2. The highest BCUT2D eigenvalue weighted by molar-refractivity contribution is 6.30. The highest BCUT2D eigenvalue weighted by atomic mass is 35.5. The van der Waals surface area contributed by atoms with Crippen LogP contribution >= 0.6 is 11.6 Å². The first kappa shape index (κ1) is 16.2. The Bertz CT molecular complexity index is 609. The molecule has 0 aliphatic carbocycles. The van der Waals surface area contributed by atoms with E-state index in [9.17, 15) is 4.79 Å². The first-order valence-electron chi connectivity index (χ1n) is 7.11. The molecule has 0 heterocycles. The minimum absolute atomic E-state index is 0.0148. The minimum Gasteiger partial charge on any atom is -0.385 e. The summed E-state index contributed by atoms with van der Waals surface area (Å²) in [7, 11) is 3.96. The number of carbonyl (C=O) groups excluding carboxylic acids is 1. The summed E-state index contributed by atoms with van der Waals surface area (Å²) in [6, 6.07) is 15.2. The number of amides is 1. The lowest BCUT2D eigenvalue weighted by atomic mass is 10.2. The highest BCUT2D eigenvalue weighted by Gasteiger charge is 2.03. The fraction of sp³-hybridized carbons (Fsp3) is 0.235. The van der Waals surface area contributed by atoms with Crippen LogP contribution in [-0.4, -0.2) is 26.5 Å². The van der Waals surface area contributed by atoms with E-state index in [1.165, 1.54) is 0 Å². The first-order valence-corrected chi connectivity index (χ1v) is 7.49. The molecular formula is C17H20ClN3O. The molecule has 0 saturated heterocycles. The van der Waals surface area contributed by atoms with Gasteiger partial charge in [-0.3, -0.25) is 4.79 Å². The lowest BCUT2D eigenvalue weighted by Crippen LogP contribution is -2.16. The van der Waals surface area contributed by atoms with Crippen LogP contribution in [0.15, 0.2) is 48.5 Å². The molecule has 5 heteroatoms. The van der Waals surface area contributed by atoms with Crippen molar-refractivity contribution in [2.24, 2.45) is 0 Å². The predicted molar refractivity (Wildman–Crippen MR) is 94.0 cm³/mol. The van der Waals surface area contributed by atoms with Crippen molar-refractivity contribution < 1.29 is 4.79 Å². The van der Waals surface area contributed by atoms with Crippen LogP contribution in [0.1, 0.15) is 6.42 Å². The summed E-state index contributed by atoms with van der Waals surface area (Å²) < 4.78 is 0. The van der Waals surface area contributed by atoms with Crippen LogP contribution in [0.5, 0.6) is 0 Å². The molecule has 0 bridgehead atoms. The van der Waals surface area contributed by atoms with Gasteiger partial charge in [0.2, 0.25) is 5.91 Å². The lowest BCUT2D eigenvalue weighted by Gasteiger charge is -2.13. The van der Waals surface area contributed by atoms with Crippen LogP contribution in [-0.2, 0) is 4.79 Å².